The lowest BCUT2D eigenvalue weighted by molar-refractivity contribution is -0.136. The third-order valence-electron chi connectivity index (χ3n) is 4.39. The maximum atomic E-state index is 12.9. The monoisotopic (exact) mass is 395 g/mol. The molecule has 0 saturated heterocycles. The first kappa shape index (κ1) is 20.2. The zero-order chi connectivity index (χ0) is 20.1. The number of hydrogen-bond donors (Lipinski definition) is 0. The van der Waals surface area contributed by atoms with Gasteiger partial charge in [0, 0.05) is 12.3 Å². The van der Waals surface area contributed by atoms with Crippen molar-refractivity contribution in [1.82, 2.24) is 4.90 Å². The van der Waals surface area contributed by atoms with Crippen LogP contribution in [0, 0.1) is 5.92 Å². The van der Waals surface area contributed by atoms with E-state index < -0.39 is 0 Å². The first-order chi connectivity index (χ1) is 13.5. The molecule has 146 valence electrons. The normalized spacial score (nSPS) is 14.4. The highest BCUT2D eigenvalue weighted by Gasteiger charge is 2.38. The van der Waals surface area contributed by atoms with Crippen molar-refractivity contribution in [2.45, 2.75) is 26.5 Å². The Morgan fingerprint density at radius 3 is 2.25 bits per heavy atom. The number of thioether (sulfide) groups is 1. The standard InChI is InChI=1S/C23H25NO3S/c1-4-24-22(25)20(18-10-12-19(13-11-18)27-14-16(2)3)21(23(24)26)28-15-17-8-6-5-7-9-17/h5-13,16H,4,14-15H2,1-3H3. The van der Waals surface area contributed by atoms with E-state index in [2.05, 4.69) is 13.8 Å². The largest absolute Gasteiger partial charge is 0.493 e. The summed E-state index contributed by atoms with van der Waals surface area (Å²) in [4.78, 5) is 27.5. The summed E-state index contributed by atoms with van der Waals surface area (Å²) >= 11 is 1.43. The third kappa shape index (κ3) is 4.47. The number of imide groups is 1. The van der Waals surface area contributed by atoms with Crippen molar-refractivity contribution in [1.29, 1.82) is 0 Å². The molecule has 0 bridgehead atoms. The van der Waals surface area contributed by atoms with Crippen molar-refractivity contribution >= 4 is 29.1 Å². The van der Waals surface area contributed by atoms with E-state index in [1.165, 1.54) is 16.7 Å². The highest BCUT2D eigenvalue weighted by atomic mass is 32.2. The van der Waals surface area contributed by atoms with Crippen molar-refractivity contribution in [2.75, 3.05) is 13.2 Å². The molecule has 0 spiro atoms. The molecule has 0 N–H and O–H groups in total. The van der Waals surface area contributed by atoms with Gasteiger partial charge in [0.25, 0.3) is 11.8 Å². The van der Waals surface area contributed by atoms with Gasteiger partial charge in [-0.3, -0.25) is 14.5 Å². The van der Waals surface area contributed by atoms with Gasteiger partial charge in [-0.25, -0.2) is 0 Å². The van der Waals surface area contributed by atoms with Gasteiger partial charge in [-0.2, -0.15) is 0 Å². The van der Waals surface area contributed by atoms with E-state index in [4.69, 9.17) is 4.74 Å². The van der Waals surface area contributed by atoms with Crippen LogP contribution in [0.15, 0.2) is 59.5 Å². The third-order valence-corrected chi connectivity index (χ3v) is 5.54. The summed E-state index contributed by atoms with van der Waals surface area (Å²) in [6.45, 7) is 7.02. The molecule has 28 heavy (non-hydrogen) atoms. The van der Waals surface area contributed by atoms with E-state index in [0.717, 1.165) is 16.9 Å². The average molecular weight is 396 g/mol. The molecular weight excluding hydrogens is 370 g/mol. The predicted octanol–water partition coefficient (Wildman–Crippen LogP) is 4.75. The van der Waals surface area contributed by atoms with E-state index in [-0.39, 0.29) is 11.8 Å². The van der Waals surface area contributed by atoms with Crippen molar-refractivity contribution < 1.29 is 14.3 Å². The summed E-state index contributed by atoms with van der Waals surface area (Å²) < 4.78 is 5.72. The molecule has 2 aromatic rings. The van der Waals surface area contributed by atoms with Gasteiger partial charge in [-0.05, 0) is 36.1 Å². The first-order valence-corrected chi connectivity index (χ1v) is 10.5. The van der Waals surface area contributed by atoms with Crippen molar-refractivity contribution in [3.05, 3.63) is 70.6 Å². The molecule has 4 nitrogen and oxygen atoms in total. The number of carbonyl (C=O) groups excluding carboxylic acids is 2. The van der Waals surface area contributed by atoms with Gasteiger partial charge in [0.2, 0.25) is 0 Å². The van der Waals surface area contributed by atoms with Crippen LogP contribution in [0.1, 0.15) is 31.9 Å². The summed E-state index contributed by atoms with van der Waals surface area (Å²) in [5.41, 5.74) is 2.36. The van der Waals surface area contributed by atoms with Gasteiger partial charge >= 0.3 is 0 Å². The minimum absolute atomic E-state index is 0.205. The second-order valence-electron chi connectivity index (χ2n) is 7.06. The van der Waals surface area contributed by atoms with Gasteiger partial charge in [0.1, 0.15) is 5.75 Å². The van der Waals surface area contributed by atoms with Gasteiger partial charge in [-0.1, -0.05) is 56.3 Å². The molecule has 0 radical (unpaired) electrons. The van der Waals surface area contributed by atoms with Crippen molar-refractivity contribution in [3.63, 3.8) is 0 Å². The lowest BCUT2D eigenvalue weighted by atomic mass is 10.1. The molecule has 0 fully saturated rings. The molecule has 0 saturated carbocycles. The fourth-order valence-corrected chi connectivity index (χ4v) is 4.03. The number of likely N-dealkylation sites (N-methyl/N-ethyl adjacent to an activating group) is 1. The minimum atomic E-state index is -0.223. The SMILES string of the molecule is CCN1C(=O)C(SCc2ccccc2)=C(c2ccc(OCC(C)C)cc2)C1=O. The van der Waals surface area contributed by atoms with Gasteiger partial charge in [-0.15, -0.1) is 11.8 Å². The molecule has 0 aliphatic carbocycles. The smallest absolute Gasteiger partial charge is 0.267 e. The summed E-state index contributed by atoms with van der Waals surface area (Å²) in [6, 6.07) is 17.4. The van der Waals surface area contributed by atoms with Crippen LogP contribution in [-0.4, -0.2) is 29.9 Å². The first-order valence-electron chi connectivity index (χ1n) is 9.51. The summed E-state index contributed by atoms with van der Waals surface area (Å²) in [5, 5.41) is 0. The number of rotatable bonds is 8. The lowest BCUT2D eigenvalue weighted by Gasteiger charge is -2.12. The Morgan fingerprint density at radius 1 is 0.964 bits per heavy atom. The zero-order valence-corrected chi connectivity index (χ0v) is 17.3. The lowest BCUT2D eigenvalue weighted by Crippen LogP contribution is -2.31. The average Bonchev–Trinajstić information content (AvgIpc) is 2.95. The molecule has 0 aromatic heterocycles. The quantitative estimate of drug-likeness (QED) is 0.605. The van der Waals surface area contributed by atoms with E-state index in [1.54, 1.807) is 0 Å². The topological polar surface area (TPSA) is 46.6 Å². The van der Waals surface area contributed by atoms with Gasteiger partial charge in [0.15, 0.2) is 0 Å². The second-order valence-corrected chi connectivity index (χ2v) is 8.05. The van der Waals surface area contributed by atoms with Crippen molar-refractivity contribution in [2.24, 2.45) is 5.92 Å². The molecule has 0 unspecified atom stereocenters. The molecule has 0 atom stereocenters. The van der Waals surface area contributed by atoms with E-state index in [1.807, 2.05) is 61.5 Å². The fourth-order valence-electron chi connectivity index (χ4n) is 2.94. The second kappa shape index (κ2) is 9.11. The van der Waals surface area contributed by atoms with Crippen LogP contribution in [0.4, 0.5) is 0 Å². The molecule has 1 aliphatic rings. The molecule has 3 rings (SSSR count). The number of hydrogen-bond acceptors (Lipinski definition) is 4. The summed E-state index contributed by atoms with van der Waals surface area (Å²) in [5.74, 6) is 1.42. The Balaban J connectivity index is 1.87. The minimum Gasteiger partial charge on any atom is -0.493 e. The van der Waals surface area contributed by atoms with Crippen LogP contribution in [0.3, 0.4) is 0 Å². The molecule has 2 aromatic carbocycles. The number of nitrogens with zero attached hydrogens (tertiary/aromatic N) is 1. The highest BCUT2D eigenvalue weighted by molar-refractivity contribution is 8.03. The zero-order valence-electron chi connectivity index (χ0n) is 16.5. The van der Waals surface area contributed by atoms with E-state index >= 15 is 0 Å². The van der Waals surface area contributed by atoms with Crippen LogP contribution in [0.5, 0.6) is 5.75 Å². The molecule has 5 heteroatoms. The van der Waals surface area contributed by atoms with E-state index in [9.17, 15) is 9.59 Å². The Morgan fingerprint density at radius 2 is 1.64 bits per heavy atom. The predicted molar refractivity (Wildman–Crippen MR) is 114 cm³/mol. The Labute approximate surface area is 170 Å². The van der Waals surface area contributed by atoms with Crippen LogP contribution in [0.2, 0.25) is 0 Å². The maximum Gasteiger partial charge on any atom is 0.267 e. The number of amides is 2. The molecule has 2 amide bonds. The Hall–Kier alpha value is -2.53. The Kier molecular flexibility index (Phi) is 6.57. The van der Waals surface area contributed by atoms with Crippen LogP contribution in [-0.2, 0) is 15.3 Å². The van der Waals surface area contributed by atoms with Crippen molar-refractivity contribution in [3.8, 4) is 5.75 Å². The molecule has 1 heterocycles. The fraction of sp³-hybridized carbons (Fsp3) is 0.304. The maximum absolute atomic E-state index is 12.9. The Bertz CT molecular complexity index is 872. The van der Waals surface area contributed by atoms with E-state index in [0.29, 0.717) is 35.3 Å². The molecular formula is C23H25NO3S. The molecule has 1 aliphatic heterocycles. The van der Waals surface area contributed by atoms with Gasteiger partial charge in [0.05, 0.1) is 17.1 Å². The number of ether oxygens (including phenoxy) is 1. The van der Waals surface area contributed by atoms with Gasteiger partial charge < -0.3 is 4.74 Å². The number of carbonyl (C=O) groups is 2. The van der Waals surface area contributed by atoms with Crippen LogP contribution < -0.4 is 4.74 Å². The highest BCUT2D eigenvalue weighted by Crippen LogP contribution is 2.37. The number of benzene rings is 2. The van der Waals surface area contributed by atoms with Crippen LogP contribution >= 0.6 is 11.8 Å². The summed E-state index contributed by atoms with van der Waals surface area (Å²) in [6.07, 6.45) is 0. The summed E-state index contributed by atoms with van der Waals surface area (Å²) in [7, 11) is 0. The van der Waals surface area contributed by atoms with Crippen LogP contribution in [0.25, 0.3) is 5.57 Å².